The third-order valence-corrected chi connectivity index (χ3v) is 2.37. The van der Waals surface area contributed by atoms with Gasteiger partial charge in [-0.3, -0.25) is 10.2 Å². The molecule has 96 valence electrons. The molecule has 0 aromatic heterocycles. The maximum Gasteiger partial charge on any atom is 0.274 e. The quantitative estimate of drug-likeness (QED) is 0.455. The van der Waals surface area contributed by atoms with E-state index < -0.39 is 12.0 Å². The fourth-order valence-corrected chi connectivity index (χ4v) is 1.40. The van der Waals surface area contributed by atoms with Crippen LogP contribution < -0.4 is 20.7 Å². The summed E-state index contributed by atoms with van der Waals surface area (Å²) in [7, 11) is 1.47. The highest BCUT2D eigenvalue weighted by molar-refractivity contribution is 5.80. The Kier molecular flexibility index (Phi) is 4.96. The number of carbonyl (C=O) groups excluding carboxylic acids is 1. The molecular weight excluding hydrogens is 234 g/mol. The van der Waals surface area contributed by atoms with Gasteiger partial charge in [0.15, 0.2) is 17.6 Å². The topological polar surface area (TPSA) is 97.4 Å². The van der Waals surface area contributed by atoms with E-state index >= 15 is 0 Å². The first kappa shape index (κ1) is 13.8. The molecular formula is C12H15N3O3. The van der Waals surface area contributed by atoms with Gasteiger partial charge in [0, 0.05) is 6.07 Å². The average Bonchev–Trinajstić information content (AvgIpc) is 2.43. The van der Waals surface area contributed by atoms with Crippen molar-refractivity contribution in [2.45, 2.75) is 19.4 Å². The van der Waals surface area contributed by atoms with Gasteiger partial charge in [-0.15, -0.1) is 0 Å². The van der Waals surface area contributed by atoms with Crippen LogP contribution in [0.4, 0.5) is 0 Å². The van der Waals surface area contributed by atoms with E-state index in [2.05, 4.69) is 0 Å². The molecule has 0 aliphatic rings. The molecule has 0 fully saturated rings. The molecule has 0 spiro atoms. The van der Waals surface area contributed by atoms with Crippen molar-refractivity contribution in [1.29, 1.82) is 5.26 Å². The van der Waals surface area contributed by atoms with Gasteiger partial charge in [0.05, 0.1) is 18.7 Å². The Balaban J connectivity index is 2.96. The third kappa shape index (κ3) is 3.12. The lowest BCUT2D eigenvalue weighted by Gasteiger charge is -2.17. The third-order valence-electron chi connectivity index (χ3n) is 2.37. The van der Waals surface area contributed by atoms with Crippen LogP contribution in [0.3, 0.4) is 0 Å². The second-order valence-corrected chi connectivity index (χ2v) is 3.50. The molecule has 1 unspecified atom stereocenters. The molecule has 18 heavy (non-hydrogen) atoms. The van der Waals surface area contributed by atoms with E-state index in [4.69, 9.17) is 20.6 Å². The molecule has 0 aliphatic carbocycles. The number of amides is 1. The Morgan fingerprint density at radius 3 is 2.78 bits per heavy atom. The Hall–Kier alpha value is -2.26. The molecule has 0 bridgehead atoms. The second-order valence-electron chi connectivity index (χ2n) is 3.50. The number of benzene rings is 1. The predicted molar refractivity (Wildman–Crippen MR) is 64.7 cm³/mol. The molecule has 6 nitrogen and oxygen atoms in total. The Bertz CT molecular complexity index is 468. The second kappa shape index (κ2) is 6.47. The van der Waals surface area contributed by atoms with Gasteiger partial charge in [0.25, 0.3) is 5.91 Å². The van der Waals surface area contributed by atoms with Crippen LogP contribution in [-0.4, -0.2) is 19.1 Å². The summed E-state index contributed by atoms with van der Waals surface area (Å²) >= 11 is 0. The van der Waals surface area contributed by atoms with Crippen molar-refractivity contribution in [2.75, 3.05) is 7.11 Å². The predicted octanol–water partition coefficient (Wildman–Crippen LogP) is 0.714. The molecule has 1 rings (SSSR count). The van der Waals surface area contributed by atoms with Crippen LogP contribution in [-0.2, 0) is 4.79 Å². The fourth-order valence-electron chi connectivity index (χ4n) is 1.40. The summed E-state index contributed by atoms with van der Waals surface area (Å²) in [5, 5.41) is 8.78. The number of methoxy groups -OCH3 is 1. The van der Waals surface area contributed by atoms with Crippen LogP contribution in [0.1, 0.15) is 18.9 Å². The number of ether oxygens (including phenoxy) is 2. The minimum absolute atomic E-state index is 0.395. The minimum Gasteiger partial charge on any atom is -0.493 e. The van der Waals surface area contributed by atoms with E-state index in [9.17, 15) is 4.79 Å². The molecule has 1 amide bonds. The lowest BCUT2D eigenvalue weighted by atomic mass is 10.2. The number of nitrogens with zero attached hydrogens (tertiary/aromatic N) is 1. The smallest absolute Gasteiger partial charge is 0.274 e. The molecule has 0 radical (unpaired) electrons. The number of nitrogens with two attached hydrogens (primary N) is 1. The van der Waals surface area contributed by atoms with Gasteiger partial charge in [0.1, 0.15) is 0 Å². The number of hydrogen-bond acceptors (Lipinski definition) is 5. The van der Waals surface area contributed by atoms with Crippen molar-refractivity contribution in [3.05, 3.63) is 23.8 Å². The van der Waals surface area contributed by atoms with Crippen molar-refractivity contribution in [2.24, 2.45) is 5.84 Å². The summed E-state index contributed by atoms with van der Waals surface area (Å²) in [6.07, 6.45) is -0.233. The van der Waals surface area contributed by atoms with E-state index in [1.807, 2.05) is 11.5 Å². The number of hydrogen-bond donors (Lipinski definition) is 2. The standard InChI is InChI=1S/C12H15N3O3/c1-3-9(12(16)15-14)18-10-5-4-8(7-13)6-11(10)17-2/h4-6,9H,3,14H2,1-2H3,(H,15,16). The Morgan fingerprint density at radius 2 is 2.28 bits per heavy atom. The van der Waals surface area contributed by atoms with Gasteiger partial charge in [0.2, 0.25) is 0 Å². The van der Waals surface area contributed by atoms with Gasteiger partial charge in [-0.05, 0) is 18.6 Å². The molecule has 0 aliphatic heterocycles. The molecule has 1 aromatic rings. The highest BCUT2D eigenvalue weighted by Crippen LogP contribution is 2.29. The van der Waals surface area contributed by atoms with Crippen LogP contribution in [0.15, 0.2) is 18.2 Å². The summed E-state index contributed by atoms with van der Waals surface area (Å²) in [5.74, 6) is 5.45. The van der Waals surface area contributed by atoms with Crippen LogP contribution in [0.5, 0.6) is 11.5 Å². The van der Waals surface area contributed by atoms with Gasteiger partial charge < -0.3 is 9.47 Å². The van der Waals surface area contributed by atoms with E-state index in [1.54, 1.807) is 25.1 Å². The first-order valence-corrected chi connectivity index (χ1v) is 5.41. The summed E-state index contributed by atoms with van der Waals surface area (Å²) in [6.45, 7) is 1.80. The zero-order valence-electron chi connectivity index (χ0n) is 10.3. The maximum atomic E-state index is 11.4. The normalized spacial score (nSPS) is 11.2. The molecule has 3 N–H and O–H groups in total. The van der Waals surface area contributed by atoms with Gasteiger partial charge in [-0.1, -0.05) is 6.92 Å². The van der Waals surface area contributed by atoms with Crippen LogP contribution in [0, 0.1) is 11.3 Å². The minimum atomic E-state index is -0.697. The van der Waals surface area contributed by atoms with Crippen LogP contribution in [0.25, 0.3) is 0 Å². The van der Waals surface area contributed by atoms with E-state index in [-0.39, 0.29) is 0 Å². The van der Waals surface area contributed by atoms with Crippen LogP contribution >= 0.6 is 0 Å². The maximum absolute atomic E-state index is 11.4. The number of rotatable bonds is 5. The molecule has 1 aromatic carbocycles. The SMILES string of the molecule is CCC(Oc1ccc(C#N)cc1OC)C(=O)NN. The molecule has 6 heteroatoms. The molecule has 0 heterocycles. The monoisotopic (exact) mass is 249 g/mol. The zero-order chi connectivity index (χ0) is 13.5. The summed E-state index contributed by atoms with van der Waals surface area (Å²) in [6, 6.07) is 6.71. The summed E-state index contributed by atoms with van der Waals surface area (Å²) < 4.78 is 10.6. The Morgan fingerprint density at radius 1 is 1.56 bits per heavy atom. The number of nitrogens with one attached hydrogen (secondary N) is 1. The largest absolute Gasteiger partial charge is 0.493 e. The average molecular weight is 249 g/mol. The zero-order valence-corrected chi connectivity index (χ0v) is 10.3. The van der Waals surface area contributed by atoms with E-state index in [0.717, 1.165) is 0 Å². The van der Waals surface area contributed by atoms with Crippen molar-refractivity contribution >= 4 is 5.91 Å². The van der Waals surface area contributed by atoms with Crippen LogP contribution in [0.2, 0.25) is 0 Å². The van der Waals surface area contributed by atoms with Gasteiger partial charge in [-0.25, -0.2) is 5.84 Å². The lowest BCUT2D eigenvalue weighted by Crippen LogP contribution is -2.41. The first-order valence-electron chi connectivity index (χ1n) is 5.41. The van der Waals surface area contributed by atoms with Crippen molar-refractivity contribution in [1.82, 2.24) is 5.43 Å². The number of carbonyl (C=O) groups is 1. The van der Waals surface area contributed by atoms with Crippen molar-refractivity contribution in [3.63, 3.8) is 0 Å². The highest BCUT2D eigenvalue weighted by atomic mass is 16.5. The lowest BCUT2D eigenvalue weighted by molar-refractivity contribution is -0.128. The van der Waals surface area contributed by atoms with Crippen molar-refractivity contribution in [3.8, 4) is 17.6 Å². The summed E-state index contributed by atoms with van der Waals surface area (Å²) in [5.41, 5.74) is 2.49. The number of nitriles is 1. The van der Waals surface area contributed by atoms with Gasteiger partial charge in [-0.2, -0.15) is 5.26 Å². The molecule has 1 atom stereocenters. The van der Waals surface area contributed by atoms with Gasteiger partial charge >= 0.3 is 0 Å². The molecule has 0 saturated carbocycles. The first-order chi connectivity index (χ1) is 8.65. The van der Waals surface area contributed by atoms with E-state index in [0.29, 0.717) is 23.5 Å². The highest BCUT2D eigenvalue weighted by Gasteiger charge is 2.19. The van der Waals surface area contributed by atoms with E-state index in [1.165, 1.54) is 7.11 Å². The summed E-state index contributed by atoms with van der Waals surface area (Å²) in [4.78, 5) is 11.4. The number of hydrazine groups is 1. The molecule has 0 saturated heterocycles. The Labute approximate surface area is 105 Å². The van der Waals surface area contributed by atoms with Crippen molar-refractivity contribution < 1.29 is 14.3 Å². The fraction of sp³-hybridized carbons (Fsp3) is 0.333.